The second kappa shape index (κ2) is 8.92. The van der Waals surface area contributed by atoms with Crippen molar-refractivity contribution in [3.05, 3.63) is 59.7 Å². The molecule has 0 aromatic heterocycles. The summed E-state index contributed by atoms with van der Waals surface area (Å²) in [6.07, 6.45) is 0. The Bertz CT molecular complexity index is 680. The maximum atomic E-state index is 9.72. The zero-order chi connectivity index (χ0) is 17.4. The van der Waals surface area contributed by atoms with Crippen LogP contribution in [0.15, 0.2) is 48.5 Å². The number of nitrogens with zero attached hydrogens (tertiary/aromatic N) is 2. The minimum Gasteiger partial charge on any atom is -0.497 e. The van der Waals surface area contributed by atoms with E-state index in [1.54, 1.807) is 19.2 Å². The van der Waals surface area contributed by atoms with Crippen LogP contribution in [0.3, 0.4) is 0 Å². The monoisotopic (exact) mass is 326 g/mol. The number of hydrogen-bond acceptors (Lipinski definition) is 5. The largest absolute Gasteiger partial charge is 0.497 e. The first-order valence-electron chi connectivity index (χ1n) is 7.76. The average Bonchev–Trinajstić information content (AvgIpc) is 2.63. The van der Waals surface area contributed by atoms with Crippen molar-refractivity contribution in [2.45, 2.75) is 6.04 Å². The molecule has 0 amide bonds. The number of aliphatic hydroxyl groups is 1. The standard InChI is InChI=1S/C19H22N2O3/c1-21(11-12-24-19-6-4-3-5-16(19)13-20)18(14-22)15-7-9-17(23-2)10-8-15/h3-10,18,22H,11-12,14H2,1-2H3. The highest BCUT2D eigenvalue weighted by Gasteiger charge is 2.16. The minimum absolute atomic E-state index is 0.0115. The number of benzene rings is 2. The SMILES string of the molecule is COc1ccc(C(CO)N(C)CCOc2ccccc2C#N)cc1. The van der Waals surface area contributed by atoms with Gasteiger partial charge in [-0.3, -0.25) is 4.90 Å². The number of rotatable bonds is 8. The minimum atomic E-state index is -0.120. The molecule has 0 aliphatic carbocycles. The molecule has 5 heteroatoms. The Morgan fingerprint density at radius 1 is 1.17 bits per heavy atom. The van der Waals surface area contributed by atoms with Crippen LogP contribution < -0.4 is 9.47 Å². The van der Waals surface area contributed by atoms with Gasteiger partial charge in [0.2, 0.25) is 0 Å². The van der Waals surface area contributed by atoms with Gasteiger partial charge < -0.3 is 14.6 Å². The molecule has 0 spiro atoms. The maximum absolute atomic E-state index is 9.72. The van der Waals surface area contributed by atoms with Gasteiger partial charge in [-0.2, -0.15) is 5.26 Å². The summed E-state index contributed by atoms with van der Waals surface area (Å²) >= 11 is 0. The molecule has 2 aromatic rings. The molecule has 0 radical (unpaired) electrons. The summed E-state index contributed by atoms with van der Waals surface area (Å²) in [5.74, 6) is 1.37. The summed E-state index contributed by atoms with van der Waals surface area (Å²) in [7, 11) is 3.56. The van der Waals surface area contributed by atoms with E-state index in [1.807, 2.05) is 48.3 Å². The lowest BCUT2D eigenvalue weighted by Crippen LogP contribution is -2.31. The lowest BCUT2D eigenvalue weighted by atomic mass is 10.1. The molecule has 1 atom stereocenters. The zero-order valence-electron chi connectivity index (χ0n) is 14.0. The van der Waals surface area contributed by atoms with Crippen molar-refractivity contribution in [2.24, 2.45) is 0 Å². The first kappa shape index (κ1) is 17.8. The number of ether oxygens (including phenoxy) is 2. The van der Waals surface area contributed by atoms with Gasteiger partial charge in [0.25, 0.3) is 0 Å². The van der Waals surface area contributed by atoms with E-state index in [4.69, 9.17) is 14.7 Å². The van der Waals surface area contributed by atoms with Gasteiger partial charge in [0.05, 0.1) is 25.3 Å². The number of para-hydroxylation sites is 1. The second-order valence-corrected chi connectivity index (χ2v) is 5.41. The maximum Gasteiger partial charge on any atom is 0.137 e. The Balaban J connectivity index is 1.94. The van der Waals surface area contributed by atoms with Crippen molar-refractivity contribution >= 4 is 0 Å². The molecule has 0 fully saturated rings. The van der Waals surface area contributed by atoms with Crippen molar-refractivity contribution in [3.8, 4) is 17.6 Å². The molecule has 0 saturated heterocycles. The summed E-state index contributed by atoms with van der Waals surface area (Å²) < 4.78 is 10.9. The van der Waals surface area contributed by atoms with Gasteiger partial charge in [-0.1, -0.05) is 24.3 Å². The molecule has 1 N–H and O–H groups in total. The van der Waals surface area contributed by atoms with E-state index in [0.29, 0.717) is 24.5 Å². The van der Waals surface area contributed by atoms with Gasteiger partial charge in [-0.25, -0.2) is 0 Å². The first-order valence-corrected chi connectivity index (χ1v) is 7.76. The normalized spacial score (nSPS) is 11.8. The fourth-order valence-electron chi connectivity index (χ4n) is 2.47. The van der Waals surface area contributed by atoms with Crippen LogP contribution in [0.2, 0.25) is 0 Å². The van der Waals surface area contributed by atoms with Gasteiger partial charge in [0.1, 0.15) is 24.2 Å². The lowest BCUT2D eigenvalue weighted by Gasteiger charge is -2.27. The Morgan fingerprint density at radius 2 is 1.88 bits per heavy atom. The van der Waals surface area contributed by atoms with Crippen LogP contribution in [-0.4, -0.2) is 43.9 Å². The molecule has 0 saturated carbocycles. The number of aliphatic hydroxyl groups excluding tert-OH is 1. The first-order chi connectivity index (χ1) is 11.7. The summed E-state index contributed by atoms with van der Waals surface area (Å²) in [6.45, 7) is 1.07. The molecular weight excluding hydrogens is 304 g/mol. The smallest absolute Gasteiger partial charge is 0.137 e. The molecule has 2 aromatic carbocycles. The van der Waals surface area contributed by atoms with Gasteiger partial charge >= 0.3 is 0 Å². The van der Waals surface area contributed by atoms with Crippen molar-refractivity contribution in [2.75, 3.05) is 33.9 Å². The number of likely N-dealkylation sites (N-methyl/N-ethyl adjacent to an activating group) is 1. The third-order valence-corrected chi connectivity index (χ3v) is 3.91. The third-order valence-electron chi connectivity index (χ3n) is 3.91. The highest BCUT2D eigenvalue weighted by atomic mass is 16.5. The molecule has 2 rings (SSSR count). The van der Waals surface area contributed by atoms with Gasteiger partial charge in [0, 0.05) is 6.54 Å². The third kappa shape index (κ3) is 4.48. The van der Waals surface area contributed by atoms with Gasteiger partial charge in [-0.15, -0.1) is 0 Å². The topological polar surface area (TPSA) is 65.7 Å². The van der Waals surface area contributed by atoms with Gasteiger partial charge in [-0.05, 0) is 36.9 Å². The highest BCUT2D eigenvalue weighted by molar-refractivity contribution is 5.42. The lowest BCUT2D eigenvalue weighted by molar-refractivity contribution is 0.130. The van der Waals surface area contributed by atoms with Crippen molar-refractivity contribution in [1.82, 2.24) is 4.90 Å². The summed E-state index contributed by atoms with van der Waals surface area (Å²) in [6, 6.07) is 16.8. The van der Waals surface area contributed by atoms with Gasteiger partial charge in [0.15, 0.2) is 0 Å². The van der Waals surface area contributed by atoms with E-state index in [2.05, 4.69) is 6.07 Å². The second-order valence-electron chi connectivity index (χ2n) is 5.41. The van der Waals surface area contributed by atoms with Crippen molar-refractivity contribution < 1.29 is 14.6 Å². The highest BCUT2D eigenvalue weighted by Crippen LogP contribution is 2.22. The van der Waals surface area contributed by atoms with E-state index in [-0.39, 0.29) is 12.6 Å². The number of methoxy groups -OCH3 is 1. The van der Waals surface area contributed by atoms with Crippen LogP contribution in [-0.2, 0) is 0 Å². The Morgan fingerprint density at radius 3 is 2.50 bits per heavy atom. The van der Waals surface area contributed by atoms with Crippen LogP contribution in [0, 0.1) is 11.3 Å². The van der Waals surface area contributed by atoms with Crippen LogP contribution in [0.5, 0.6) is 11.5 Å². The Hall–Kier alpha value is -2.55. The molecule has 0 aliphatic heterocycles. The molecule has 0 aliphatic rings. The average molecular weight is 326 g/mol. The molecule has 5 nitrogen and oxygen atoms in total. The fourth-order valence-corrected chi connectivity index (χ4v) is 2.47. The van der Waals surface area contributed by atoms with Crippen LogP contribution in [0.4, 0.5) is 0 Å². The van der Waals surface area contributed by atoms with Crippen molar-refractivity contribution in [3.63, 3.8) is 0 Å². The Labute approximate surface area is 142 Å². The van der Waals surface area contributed by atoms with E-state index in [0.717, 1.165) is 11.3 Å². The summed E-state index contributed by atoms with van der Waals surface area (Å²) in [5, 5.41) is 18.8. The molecule has 24 heavy (non-hydrogen) atoms. The predicted molar refractivity (Wildman–Crippen MR) is 92.1 cm³/mol. The molecule has 126 valence electrons. The number of hydrogen-bond donors (Lipinski definition) is 1. The fraction of sp³-hybridized carbons (Fsp3) is 0.316. The Kier molecular flexibility index (Phi) is 6.62. The zero-order valence-corrected chi connectivity index (χ0v) is 14.0. The van der Waals surface area contributed by atoms with E-state index in [1.165, 1.54) is 0 Å². The summed E-state index contributed by atoms with van der Waals surface area (Å²) in [5.41, 5.74) is 1.53. The van der Waals surface area contributed by atoms with E-state index >= 15 is 0 Å². The summed E-state index contributed by atoms with van der Waals surface area (Å²) in [4.78, 5) is 2.02. The van der Waals surface area contributed by atoms with Crippen LogP contribution in [0.25, 0.3) is 0 Å². The number of nitriles is 1. The van der Waals surface area contributed by atoms with Crippen LogP contribution in [0.1, 0.15) is 17.2 Å². The quantitative estimate of drug-likeness (QED) is 0.808. The molecular formula is C19H22N2O3. The molecule has 1 unspecified atom stereocenters. The predicted octanol–water partition coefficient (Wildman–Crippen LogP) is 2.61. The van der Waals surface area contributed by atoms with Crippen LogP contribution >= 0.6 is 0 Å². The van der Waals surface area contributed by atoms with Crippen molar-refractivity contribution in [1.29, 1.82) is 5.26 Å². The van der Waals surface area contributed by atoms with E-state index in [9.17, 15) is 5.11 Å². The van der Waals surface area contributed by atoms with E-state index < -0.39 is 0 Å². The molecule has 0 bridgehead atoms. The molecule has 0 heterocycles.